The van der Waals surface area contributed by atoms with Gasteiger partial charge in [0.25, 0.3) is 11.6 Å². The van der Waals surface area contributed by atoms with Gasteiger partial charge >= 0.3 is 11.9 Å². The fourth-order valence-corrected chi connectivity index (χ4v) is 2.46. The van der Waals surface area contributed by atoms with E-state index in [9.17, 15) is 29.6 Å². The van der Waals surface area contributed by atoms with Crippen molar-refractivity contribution in [2.24, 2.45) is 5.73 Å². The van der Waals surface area contributed by atoms with Gasteiger partial charge in [0.2, 0.25) is 6.04 Å². The van der Waals surface area contributed by atoms with E-state index in [0.29, 0.717) is 5.56 Å². The first-order valence-corrected chi connectivity index (χ1v) is 7.41. The highest BCUT2D eigenvalue weighted by Gasteiger charge is 2.35. The number of anilines is 1. The molecule has 1 heterocycles. The fourth-order valence-electron chi connectivity index (χ4n) is 2.46. The van der Waals surface area contributed by atoms with Gasteiger partial charge in [-0.1, -0.05) is 6.07 Å². The average Bonchev–Trinajstić information content (AvgIpc) is 2.60. The van der Waals surface area contributed by atoms with E-state index in [4.69, 9.17) is 10.8 Å². The molecule has 27 heavy (non-hydrogen) atoms. The van der Waals surface area contributed by atoms with Crippen molar-refractivity contribution < 1.29 is 29.5 Å². The number of nitrogens with two attached hydrogens (primary N) is 1. The Morgan fingerprint density at radius 3 is 2.44 bits per heavy atom. The SMILES string of the molecule is NC(=O)C(C(=O)O)N(Cc1cccnc1)c1ccc(C(=O)O)cc1[N+](=O)[O-]. The van der Waals surface area contributed by atoms with Crippen molar-refractivity contribution >= 4 is 29.2 Å². The first kappa shape index (κ1) is 19.3. The van der Waals surface area contributed by atoms with E-state index in [2.05, 4.69) is 4.98 Å². The number of nitro groups is 1. The van der Waals surface area contributed by atoms with Crippen molar-refractivity contribution in [3.05, 3.63) is 64.0 Å². The summed E-state index contributed by atoms with van der Waals surface area (Å²) in [6, 6.07) is 4.15. The van der Waals surface area contributed by atoms with Crippen LogP contribution in [-0.4, -0.2) is 44.0 Å². The zero-order valence-corrected chi connectivity index (χ0v) is 13.7. The highest BCUT2D eigenvalue weighted by atomic mass is 16.6. The number of nitro benzene ring substituents is 1. The minimum Gasteiger partial charge on any atom is -0.479 e. The van der Waals surface area contributed by atoms with E-state index in [1.54, 1.807) is 12.1 Å². The number of rotatable bonds is 8. The van der Waals surface area contributed by atoms with Gasteiger partial charge in [-0.3, -0.25) is 19.9 Å². The van der Waals surface area contributed by atoms with E-state index in [0.717, 1.165) is 23.1 Å². The maximum Gasteiger partial charge on any atom is 0.336 e. The number of primary amides is 1. The number of benzene rings is 1. The van der Waals surface area contributed by atoms with E-state index in [1.807, 2.05) is 0 Å². The summed E-state index contributed by atoms with van der Waals surface area (Å²) in [7, 11) is 0. The molecule has 1 atom stereocenters. The summed E-state index contributed by atoms with van der Waals surface area (Å²) in [6.07, 6.45) is 2.87. The molecule has 4 N–H and O–H groups in total. The second-order valence-electron chi connectivity index (χ2n) is 5.40. The third kappa shape index (κ3) is 4.34. The molecule has 0 aliphatic rings. The smallest absolute Gasteiger partial charge is 0.336 e. The van der Waals surface area contributed by atoms with Gasteiger partial charge in [0.15, 0.2) is 0 Å². The van der Waals surface area contributed by atoms with Gasteiger partial charge < -0.3 is 20.8 Å². The normalized spacial score (nSPS) is 11.4. The van der Waals surface area contributed by atoms with Gasteiger partial charge in [0, 0.05) is 25.0 Å². The van der Waals surface area contributed by atoms with Crippen LogP contribution in [0.1, 0.15) is 15.9 Å². The summed E-state index contributed by atoms with van der Waals surface area (Å²) in [4.78, 5) is 49.7. The molecule has 0 fully saturated rings. The Balaban J connectivity index is 2.65. The van der Waals surface area contributed by atoms with Gasteiger partial charge in [0.05, 0.1) is 10.5 Å². The molecule has 0 aliphatic heterocycles. The van der Waals surface area contributed by atoms with Crippen molar-refractivity contribution in [2.75, 3.05) is 4.90 Å². The zero-order valence-electron chi connectivity index (χ0n) is 13.7. The van der Waals surface area contributed by atoms with Crippen LogP contribution in [-0.2, 0) is 16.1 Å². The number of carboxylic acids is 2. The lowest BCUT2D eigenvalue weighted by atomic mass is 10.1. The number of aromatic nitrogens is 1. The van der Waals surface area contributed by atoms with Gasteiger partial charge in [-0.15, -0.1) is 0 Å². The second kappa shape index (κ2) is 7.91. The number of pyridine rings is 1. The maximum atomic E-state index is 11.7. The lowest BCUT2D eigenvalue weighted by Crippen LogP contribution is -2.50. The third-order valence-corrected chi connectivity index (χ3v) is 3.62. The van der Waals surface area contributed by atoms with Crippen LogP contribution in [0, 0.1) is 10.1 Å². The van der Waals surface area contributed by atoms with E-state index in [1.165, 1.54) is 12.4 Å². The predicted octanol–water partition coefficient (Wildman–Crippen LogP) is 0.633. The Kier molecular flexibility index (Phi) is 5.65. The van der Waals surface area contributed by atoms with E-state index in [-0.39, 0.29) is 17.8 Å². The van der Waals surface area contributed by atoms with E-state index < -0.39 is 34.5 Å². The first-order valence-electron chi connectivity index (χ1n) is 7.41. The number of aliphatic carboxylic acids is 1. The summed E-state index contributed by atoms with van der Waals surface area (Å²) in [5, 5.41) is 29.9. The molecular formula is C16H14N4O7. The molecule has 1 amide bonds. The van der Waals surface area contributed by atoms with Crippen molar-refractivity contribution in [1.82, 2.24) is 4.98 Å². The van der Waals surface area contributed by atoms with Crippen LogP contribution >= 0.6 is 0 Å². The first-order chi connectivity index (χ1) is 12.7. The number of carboxylic acid groups (broad SMARTS) is 2. The Morgan fingerprint density at radius 2 is 1.96 bits per heavy atom. The molecule has 0 bridgehead atoms. The van der Waals surface area contributed by atoms with Crippen molar-refractivity contribution in [3.8, 4) is 0 Å². The van der Waals surface area contributed by atoms with Crippen LogP contribution < -0.4 is 10.6 Å². The average molecular weight is 374 g/mol. The number of carbonyl (C=O) groups is 3. The molecule has 1 aromatic carbocycles. The summed E-state index contributed by atoms with van der Waals surface area (Å²) in [5.41, 5.74) is 4.35. The number of nitrogens with zero attached hydrogens (tertiary/aromatic N) is 3. The second-order valence-corrected chi connectivity index (χ2v) is 5.40. The molecule has 1 aromatic heterocycles. The van der Waals surface area contributed by atoms with Crippen LogP contribution in [0.15, 0.2) is 42.7 Å². The van der Waals surface area contributed by atoms with Crippen LogP contribution in [0.2, 0.25) is 0 Å². The summed E-state index contributed by atoms with van der Waals surface area (Å²) in [5.74, 6) is -4.24. The zero-order chi connectivity index (χ0) is 20.1. The number of amides is 1. The summed E-state index contributed by atoms with van der Waals surface area (Å²) < 4.78 is 0. The van der Waals surface area contributed by atoms with Gasteiger partial charge in [0.1, 0.15) is 5.69 Å². The number of aromatic carboxylic acids is 1. The van der Waals surface area contributed by atoms with Gasteiger partial charge in [-0.2, -0.15) is 0 Å². The van der Waals surface area contributed by atoms with E-state index >= 15 is 0 Å². The third-order valence-electron chi connectivity index (χ3n) is 3.62. The molecule has 11 nitrogen and oxygen atoms in total. The lowest BCUT2D eigenvalue weighted by molar-refractivity contribution is -0.384. The quantitative estimate of drug-likeness (QED) is 0.339. The van der Waals surface area contributed by atoms with Crippen LogP contribution in [0.25, 0.3) is 0 Å². The molecule has 2 aromatic rings. The summed E-state index contributed by atoms with van der Waals surface area (Å²) in [6.45, 7) is -0.235. The van der Waals surface area contributed by atoms with Crippen molar-refractivity contribution in [3.63, 3.8) is 0 Å². The highest BCUT2D eigenvalue weighted by Crippen LogP contribution is 2.32. The molecule has 2 rings (SSSR count). The molecule has 1 unspecified atom stereocenters. The maximum absolute atomic E-state index is 11.7. The molecule has 11 heteroatoms. The largest absolute Gasteiger partial charge is 0.479 e. The monoisotopic (exact) mass is 374 g/mol. The molecule has 0 saturated heterocycles. The van der Waals surface area contributed by atoms with Gasteiger partial charge in [-0.05, 0) is 23.8 Å². The molecule has 140 valence electrons. The summed E-state index contributed by atoms with van der Waals surface area (Å²) >= 11 is 0. The number of hydrogen-bond acceptors (Lipinski definition) is 7. The van der Waals surface area contributed by atoms with Crippen LogP contribution in [0.4, 0.5) is 11.4 Å². The molecule has 0 aliphatic carbocycles. The fraction of sp³-hybridized carbons (Fsp3) is 0.125. The highest BCUT2D eigenvalue weighted by molar-refractivity contribution is 6.04. The van der Waals surface area contributed by atoms with Crippen LogP contribution in [0.5, 0.6) is 0 Å². The minimum absolute atomic E-state index is 0.235. The Morgan fingerprint density at radius 1 is 1.26 bits per heavy atom. The van der Waals surface area contributed by atoms with Crippen molar-refractivity contribution in [1.29, 1.82) is 0 Å². The standard InChI is InChI=1S/C16H14N4O7/c17-14(21)13(16(24)25)19(8-9-2-1-5-18-7-9)11-4-3-10(15(22)23)6-12(11)20(26)27/h1-7,13H,8H2,(H2,17,21)(H,22,23)(H,24,25). The molecule has 0 radical (unpaired) electrons. The number of carbonyl (C=O) groups excluding carboxylic acids is 1. The van der Waals surface area contributed by atoms with Gasteiger partial charge in [-0.25, -0.2) is 9.59 Å². The predicted molar refractivity (Wildman–Crippen MR) is 91.1 cm³/mol. The Labute approximate surface area is 151 Å². The van der Waals surface area contributed by atoms with Crippen molar-refractivity contribution in [2.45, 2.75) is 12.6 Å². The van der Waals surface area contributed by atoms with Crippen LogP contribution in [0.3, 0.4) is 0 Å². The number of hydrogen-bond donors (Lipinski definition) is 3. The Hall–Kier alpha value is -4.02. The molecule has 0 spiro atoms. The molecular weight excluding hydrogens is 360 g/mol. The molecule has 0 saturated carbocycles. The lowest BCUT2D eigenvalue weighted by Gasteiger charge is -2.28. The minimum atomic E-state index is -1.92. The topological polar surface area (TPSA) is 177 Å². The Bertz CT molecular complexity index is 887.